The van der Waals surface area contributed by atoms with E-state index in [9.17, 15) is 13.2 Å². The Labute approximate surface area is 120 Å². The molecule has 0 saturated carbocycles. The number of sulfonamides is 1. The van der Waals surface area contributed by atoms with Gasteiger partial charge in [0.05, 0.1) is 11.3 Å². The molecule has 0 saturated heterocycles. The molecule has 0 unspecified atom stereocenters. The molecule has 0 aliphatic rings. The fraction of sp³-hybridized carbons (Fsp3) is 0.500. The second-order valence-electron chi connectivity index (χ2n) is 5.40. The zero-order chi connectivity index (χ0) is 15.6. The van der Waals surface area contributed by atoms with Gasteiger partial charge in [0, 0.05) is 12.6 Å². The lowest BCUT2D eigenvalue weighted by Gasteiger charge is -2.33. The monoisotopic (exact) mass is 299 g/mol. The van der Waals surface area contributed by atoms with Crippen molar-refractivity contribution in [3.63, 3.8) is 0 Å². The van der Waals surface area contributed by atoms with E-state index < -0.39 is 21.5 Å². The first-order chi connectivity index (χ1) is 9.10. The third-order valence-electron chi connectivity index (χ3n) is 3.66. The minimum absolute atomic E-state index is 0.0927. The highest BCUT2D eigenvalue weighted by Crippen LogP contribution is 2.22. The third kappa shape index (κ3) is 3.80. The smallest absolute Gasteiger partial charge is 0.335 e. The molecule has 112 valence electrons. The van der Waals surface area contributed by atoms with Crippen molar-refractivity contribution in [1.82, 2.24) is 4.31 Å². The Kier molecular flexibility index (Phi) is 4.94. The van der Waals surface area contributed by atoms with Gasteiger partial charge in [0.1, 0.15) is 0 Å². The van der Waals surface area contributed by atoms with Crippen molar-refractivity contribution in [3.05, 3.63) is 35.4 Å². The van der Waals surface area contributed by atoms with Gasteiger partial charge in [-0.05, 0) is 38.0 Å². The fourth-order valence-electron chi connectivity index (χ4n) is 1.70. The first kappa shape index (κ1) is 16.7. The van der Waals surface area contributed by atoms with Crippen LogP contribution in [0.2, 0.25) is 0 Å². The van der Waals surface area contributed by atoms with Gasteiger partial charge < -0.3 is 5.11 Å². The summed E-state index contributed by atoms with van der Waals surface area (Å²) in [6, 6.07) is 6.01. The van der Waals surface area contributed by atoms with E-state index in [2.05, 4.69) is 0 Å². The van der Waals surface area contributed by atoms with E-state index in [-0.39, 0.29) is 11.3 Å². The summed E-state index contributed by atoms with van der Waals surface area (Å²) in [4.78, 5) is 10.9. The lowest BCUT2D eigenvalue weighted by Crippen LogP contribution is -2.44. The summed E-state index contributed by atoms with van der Waals surface area (Å²) in [6.45, 7) is 5.65. The van der Waals surface area contributed by atoms with E-state index >= 15 is 0 Å². The molecule has 6 heteroatoms. The van der Waals surface area contributed by atoms with Crippen LogP contribution in [0.25, 0.3) is 0 Å². The van der Waals surface area contributed by atoms with Crippen molar-refractivity contribution < 1.29 is 18.3 Å². The number of rotatable bonds is 6. The molecule has 0 fully saturated rings. The molecule has 0 amide bonds. The zero-order valence-electron chi connectivity index (χ0n) is 12.3. The molecule has 0 bridgehead atoms. The van der Waals surface area contributed by atoms with Gasteiger partial charge in [0.25, 0.3) is 0 Å². The maximum absolute atomic E-state index is 12.4. The van der Waals surface area contributed by atoms with Crippen molar-refractivity contribution in [2.45, 2.75) is 38.5 Å². The van der Waals surface area contributed by atoms with Crippen molar-refractivity contribution in [2.75, 3.05) is 7.05 Å². The Morgan fingerprint density at radius 1 is 1.35 bits per heavy atom. The SMILES string of the molecule is CCC(C)(C)N(C)S(=O)(=O)Cc1cccc(C(=O)O)c1. The van der Waals surface area contributed by atoms with E-state index in [1.54, 1.807) is 19.2 Å². The van der Waals surface area contributed by atoms with Crippen molar-refractivity contribution in [1.29, 1.82) is 0 Å². The van der Waals surface area contributed by atoms with E-state index in [0.717, 1.165) is 0 Å². The van der Waals surface area contributed by atoms with Gasteiger partial charge in [-0.3, -0.25) is 0 Å². The Hall–Kier alpha value is -1.40. The highest BCUT2D eigenvalue weighted by molar-refractivity contribution is 7.88. The minimum atomic E-state index is -3.49. The molecule has 0 aliphatic heterocycles. The van der Waals surface area contributed by atoms with Crippen LogP contribution in [-0.2, 0) is 15.8 Å². The summed E-state index contributed by atoms with van der Waals surface area (Å²) in [6.07, 6.45) is 0.692. The number of hydrogen-bond donors (Lipinski definition) is 1. The van der Waals surface area contributed by atoms with Gasteiger partial charge >= 0.3 is 5.97 Å². The average Bonchev–Trinajstić information content (AvgIpc) is 2.37. The third-order valence-corrected chi connectivity index (χ3v) is 5.68. The lowest BCUT2D eigenvalue weighted by atomic mass is 10.0. The number of carboxylic acid groups (broad SMARTS) is 1. The molecule has 20 heavy (non-hydrogen) atoms. The van der Waals surface area contributed by atoms with Gasteiger partial charge in [0.15, 0.2) is 0 Å². The molecule has 1 rings (SSSR count). The van der Waals surface area contributed by atoms with Crippen LogP contribution in [0.15, 0.2) is 24.3 Å². The number of benzene rings is 1. The number of carboxylic acids is 1. The Bertz CT molecular complexity index is 593. The second-order valence-corrected chi connectivity index (χ2v) is 7.40. The molecule has 1 N–H and O–H groups in total. The maximum Gasteiger partial charge on any atom is 0.335 e. The molecule has 1 aromatic carbocycles. The number of carbonyl (C=O) groups is 1. The number of nitrogens with zero attached hydrogens (tertiary/aromatic N) is 1. The average molecular weight is 299 g/mol. The standard InChI is InChI=1S/C14H21NO4S/c1-5-14(2,3)15(4)20(18,19)10-11-7-6-8-12(9-11)13(16)17/h6-9H,5,10H2,1-4H3,(H,16,17). The second kappa shape index (κ2) is 5.93. The van der Waals surface area contributed by atoms with Crippen LogP contribution >= 0.6 is 0 Å². The Morgan fingerprint density at radius 3 is 2.45 bits per heavy atom. The van der Waals surface area contributed by atoms with Gasteiger partial charge in [-0.2, -0.15) is 4.31 Å². The van der Waals surface area contributed by atoms with Gasteiger partial charge in [0.2, 0.25) is 10.0 Å². The first-order valence-electron chi connectivity index (χ1n) is 6.39. The van der Waals surface area contributed by atoms with Crippen LogP contribution in [0.4, 0.5) is 0 Å². The first-order valence-corrected chi connectivity index (χ1v) is 8.00. The van der Waals surface area contributed by atoms with Crippen LogP contribution in [-0.4, -0.2) is 36.4 Å². The molecule has 0 heterocycles. The molecule has 0 aliphatic carbocycles. The molecule has 0 atom stereocenters. The van der Waals surface area contributed by atoms with Gasteiger partial charge in [-0.15, -0.1) is 0 Å². The van der Waals surface area contributed by atoms with Gasteiger partial charge in [-0.25, -0.2) is 13.2 Å². The van der Waals surface area contributed by atoms with Crippen LogP contribution in [0.3, 0.4) is 0 Å². The van der Waals surface area contributed by atoms with Crippen molar-refractivity contribution in [2.24, 2.45) is 0 Å². The van der Waals surface area contributed by atoms with Crippen LogP contribution in [0, 0.1) is 0 Å². The Morgan fingerprint density at radius 2 is 1.95 bits per heavy atom. The highest BCUT2D eigenvalue weighted by atomic mass is 32.2. The summed E-state index contributed by atoms with van der Waals surface area (Å²) >= 11 is 0. The van der Waals surface area contributed by atoms with Gasteiger partial charge in [-0.1, -0.05) is 19.1 Å². The normalized spacial score (nSPS) is 12.7. The molecule has 0 spiro atoms. The predicted molar refractivity (Wildman–Crippen MR) is 78.2 cm³/mol. The van der Waals surface area contributed by atoms with E-state index in [1.807, 2.05) is 20.8 Å². The fourth-order valence-corrected chi connectivity index (χ4v) is 3.38. The summed E-state index contributed by atoms with van der Waals surface area (Å²) < 4.78 is 26.1. The van der Waals surface area contributed by atoms with Crippen molar-refractivity contribution >= 4 is 16.0 Å². The lowest BCUT2D eigenvalue weighted by molar-refractivity contribution is 0.0696. The van der Waals surface area contributed by atoms with Crippen LogP contribution in [0.1, 0.15) is 43.1 Å². The zero-order valence-corrected chi connectivity index (χ0v) is 13.1. The summed E-state index contributed by atoms with van der Waals surface area (Å²) in [5.41, 5.74) is 0.0993. The quantitative estimate of drug-likeness (QED) is 0.875. The molecular weight excluding hydrogens is 278 g/mol. The minimum Gasteiger partial charge on any atom is -0.478 e. The molecule has 0 aromatic heterocycles. The Balaban J connectivity index is 3.03. The largest absolute Gasteiger partial charge is 0.478 e. The molecule has 5 nitrogen and oxygen atoms in total. The molecular formula is C14H21NO4S. The summed E-state index contributed by atoms with van der Waals surface area (Å²) in [5.74, 6) is -1.26. The van der Waals surface area contributed by atoms with Crippen LogP contribution < -0.4 is 0 Å². The highest BCUT2D eigenvalue weighted by Gasteiger charge is 2.31. The summed E-state index contributed by atoms with van der Waals surface area (Å²) in [5, 5.41) is 8.92. The predicted octanol–water partition coefficient (Wildman–Crippen LogP) is 2.33. The topological polar surface area (TPSA) is 74.7 Å². The van der Waals surface area contributed by atoms with E-state index in [4.69, 9.17) is 5.11 Å². The van der Waals surface area contributed by atoms with E-state index in [0.29, 0.717) is 12.0 Å². The summed E-state index contributed by atoms with van der Waals surface area (Å²) in [7, 11) is -1.93. The van der Waals surface area contributed by atoms with E-state index in [1.165, 1.54) is 16.4 Å². The number of aromatic carboxylic acids is 1. The van der Waals surface area contributed by atoms with Crippen molar-refractivity contribution in [3.8, 4) is 0 Å². The maximum atomic E-state index is 12.4. The molecule has 0 radical (unpaired) electrons. The number of hydrogen-bond acceptors (Lipinski definition) is 3. The van der Waals surface area contributed by atoms with Crippen LogP contribution in [0.5, 0.6) is 0 Å². The molecule has 1 aromatic rings.